The topological polar surface area (TPSA) is 96.9 Å². The summed E-state index contributed by atoms with van der Waals surface area (Å²) in [4.78, 5) is 36.5. The summed E-state index contributed by atoms with van der Waals surface area (Å²) < 4.78 is 11.1. The molecule has 2 aromatic rings. The molecule has 1 N–H and O–H groups in total. The van der Waals surface area contributed by atoms with Gasteiger partial charge in [-0.1, -0.05) is 32.0 Å². The van der Waals surface area contributed by atoms with Crippen LogP contribution in [0.2, 0.25) is 0 Å². The lowest BCUT2D eigenvalue weighted by Crippen LogP contribution is -2.39. The summed E-state index contributed by atoms with van der Waals surface area (Å²) in [6, 6.07) is 8.04. The van der Waals surface area contributed by atoms with E-state index in [1.165, 1.54) is 5.56 Å². The number of fused-ring (bicyclic) bond motifs is 1. The van der Waals surface area contributed by atoms with E-state index < -0.39 is 5.60 Å². The van der Waals surface area contributed by atoms with Crippen LogP contribution in [0.25, 0.3) is 0 Å². The third-order valence-electron chi connectivity index (χ3n) is 6.43. The van der Waals surface area contributed by atoms with Gasteiger partial charge in [0.1, 0.15) is 18.0 Å². The molecule has 3 heterocycles. The summed E-state index contributed by atoms with van der Waals surface area (Å²) in [5.41, 5.74) is 2.95. The first-order valence-electron chi connectivity index (χ1n) is 12.4. The number of carbonyl (C=O) groups excluding carboxylic acids is 2. The summed E-state index contributed by atoms with van der Waals surface area (Å²) in [6.45, 7) is 13.4. The molecule has 2 atom stereocenters. The zero-order valence-corrected chi connectivity index (χ0v) is 21.9. The van der Waals surface area contributed by atoms with E-state index in [9.17, 15) is 9.59 Å². The van der Waals surface area contributed by atoms with Crippen LogP contribution in [0, 0.1) is 5.92 Å². The van der Waals surface area contributed by atoms with E-state index >= 15 is 0 Å². The number of nitrogens with zero attached hydrogens (tertiary/aromatic N) is 4. The molecule has 9 heteroatoms. The van der Waals surface area contributed by atoms with Crippen molar-refractivity contribution in [1.29, 1.82) is 0 Å². The van der Waals surface area contributed by atoms with Gasteiger partial charge in [-0.25, -0.2) is 14.6 Å². The molecule has 0 radical (unpaired) electrons. The Hall–Kier alpha value is -3.58. The molecule has 2 aliphatic rings. The second-order valence-electron chi connectivity index (χ2n) is 10.7. The Morgan fingerprint density at radius 3 is 2.69 bits per heavy atom. The van der Waals surface area contributed by atoms with Gasteiger partial charge in [0.25, 0.3) is 5.88 Å². The SMILES string of the molecule is CC(Nc1nccc(N2C(=C=O)OC[C@@H]2C(C)C)n1)c1ccc2c(c1)CCN(C(=O)OC(C)(C)C)C2. The molecular weight excluding hydrogens is 458 g/mol. The molecule has 0 saturated carbocycles. The molecule has 1 aromatic carbocycles. The summed E-state index contributed by atoms with van der Waals surface area (Å²) in [5, 5.41) is 3.38. The third kappa shape index (κ3) is 5.62. The van der Waals surface area contributed by atoms with E-state index in [0.29, 0.717) is 31.5 Å². The van der Waals surface area contributed by atoms with Crippen LogP contribution in [0.3, 0.4) is 0 Å². The van der Waals surface area contributed by atoms with Crippen molar-refractivity contribution in [1.82, 2.24) is 14.9 Å². The molecule has 1 aromatic heterocycles. The molecule has 1 fully saturated rings. The number of aromatic nitrogens is 2. The largest absolute Gasteiger partial charge is 0.468 e. The highest BCUT2D eigenvalue weighted by atomic mass is 16.6. The maximum Gasteiger partial charge on any atom is 0.410 e. The van der Waals surface area contributed by atoms with Gasteiger partial charge in [0.2, 0.25) is 5.95 Å². The minimum atomic E-state index is -0.510. The monoisotopic (exact) mass is 493 g/mol. The van der Waals surface area contributed by atoms with Gasteiger partial charge in [-0.2, -0.15) is 4.98 Å². The van der Waals surface area contributed by atoms with Gasteiger partial charge in [-0.15, -0.1) is 0 Å². The van der Waals surface area contributed by atoms with Crippen LogP contribution < -0.4 is 10.2 Å². The second-order valence-corrected chi connectivity index (χ2v) is 10.7. The molecule has 0 spiro atoms. The van der Waals surface area contributed by atoms with Crippen molar-refractivity contribution < 1.29 is 19.1 Å². The van der Waals surface area contributed by atoms with Gasteiger partial charge < -0.3 is 19.7 Å². The Morgan fingerprint density at radius 1 is 1.22 bits per heavy atom. The molecule has 2 aliphatic heterocycles. The van der Waals surface area contributed by atoms with Crippen LogP contribution >= 0.6 is 0 Å². The lowest BCUT2D eigenvalue weighted by atomic mass is 9.95. The van der Waals surface area contributed by atoms with Crippen molar-refractivity contribution in [3.05, 3.63) is 53.0 Å². The summed E-state index contributed by atoms with van der Waals surface area (Å²) >= 11 is 0. The average Bonchev–Trinajstić information content (AvgIpc) is 3.27. The van der Waals surface area contributed by atoms with E-state index in [0.717, 1.165) is 17.5 Å². The van der Waals surface area contributed by atoms with Crippen LogP contribution in [0.5, 0.6) is 0 Å². The van der Waals surface area contributed by atoms with Gasteiger partial charge in [-0.05, 0) is 62.8 Å². The Kier molecular flexibility index (Phi) is 7.22. The highest BCUT2D eigenvalue weighted by molar-refractivity contribution is 5.68. The smallest absolute Gasteiger partial charge is 0.410 e. The Labute approximate surface area is 212 Å². The van der Waals surface area contributed by atoms with Crippen LogP contribution in [0.4, 0.5) is 16.6 Å². The zero-order chi connectivity index (χ0) is 26.0. The summed E-state index contributed by atoms with van der Waals surface area (Å²) in [7, 11) is 0. The average molecular weight is 494 g/mol. The van der Waals surface area contributed by atoms with Crippen molar-refractivity contribution in [2.75, 3.05) is 23.4 Å². The molecule has 1 saturated heterocycles. The fourth-order valence-electron chi connectivity index (χ4n) is 4.46. The normalized spacial score (nSPS) is 18.4. The number of nitrogens with one attached hydrogen (secondary N) is 1. The number of hydrogen-bond acceptors (Lipinski definition) is 8. The van der Waals surface area contributed by atoms with Crippen molar-refractivity contribution in [3.63, 3.8) is 0 Å². The quantitative estimate of drug-likeness (QED) is 0.609. The lowest BCUT2D eigenvalue weighted by molar-refractivity contribution is 0.0224. The molecule has 9 nitrogen and oxygen atoms in total. The number of ether oxygens (including phenoxy) is 2. The van der Waals surface area contributed by atoms with Crippen LogP contribution in [0.15, 0.2) is 36.3 Å². The van der Waals surface area contributed by atoms with Gasteiger partial charge >= 0.3 is 6.09 Å². The van der Waals surface area contributed by atoms with Gasteiger partial charge in [-0.3, -0.25) is 4.90 Å². The minimum Gasteiger partial charge on any atom is -0.468 e. The van der Waals surface area contributed by atoms with E-state index in [1.807, 2.05) is 26.7 Å². The molecule has 192 valence electrons. The molecule has 0 bridgehead atoms. The first kappa shape index (κ1) is 25.5. The number of hydrogen-bond donors (Lipinski definition) is 1. The number of carbonyl (C=O) groups is 1. The minimum absolute atomic E-state index is 0.00233. The van der Waals surface area contributed by atoms with Crippen molar-refractivity contribution in [2.24, 2.45) is 5.92 Å². The fourth-order valence-corrected chi connectivity index (χ4v) is 4.46. The van der Waals surface area contributed by atoms with Crippen molar-refractivity contribution in [3.8, 4) is 0 Å². The van der Waals surface area contributed by atoms with E-state index in [2.05, 4.69) is 54.3 Å². The Balaban J connectivity index is 1.46. The van der Waals surface area contributed by atoms with Gasteiger partial charge in [0.15, 0.2) is 5.94 Å². The lowest BCUT2D eigenvalue weighted by Gasteiger charge is -2.31. The summed E-state index contributed by atoms with van der Waals surface area (Å²) in [5.74, 6) is 3.38. The Morgan fingerprint density at radius 2 is 2.00 bits per heavy atom. The van der Waals surface area contributed by atoms with Crippen molar-refractivity contribution >= 4 is 23.8 Å². The number of rotatable bonds is 5. The predicted molar refractivity (Wildman–Crippen MR) is 137 cm³/mol. The van der Waals surface area contributed by atoms with Crippen LogP contribution in [-0.4, -0.2) is 51.7 Å². The molecule has 0 aliphatic carbocycles. The van der Waals surface area contributed by atoms with Crippen molar-refractivity contribution in [2.45, 2.75) is 72.2 Å². The van der Waals surface area contributed by atoms with Gasteiger partial charge in [0.05, 0.1) is 12.1 Å². The first-order chi connectivity index (χ1) is 17.1. The van der Waals surface area contributed by atoms with Crippen LogP contribution in [0.1, 0.15) is 64.3 Å². The van der Waals surface area contributed by atoms with E-state index in [1.54, 1.807) is 22.1 Å². The number of amides is 1. The fraction of sp³-hybridized carbons (Fsp3) is 0.519. The molecular formula is C27H35N5O4. The molecule has 1 amide bonds. The Bertz CT molecular complexity index is 1170. The van der Waals surface area contributed by atoms with Crippen LogP contribution in [-0.2, 0) is 27.2 Å². The second kappa shape index (κ2) is 10.2. The molecule has 36 heavy (non-hydrogen) atoms. The summed E-state index contributed by atoms with van der Waals surface area (Å²) in [6.07, 6.45) is 2.17. The van der Waals surface area contributed by atoms with Gasteiger partial charge in [0, 0.05) is 19.3 Å². The standard InChI is InChI=1S/C27H35N5O4/c1-17(2)22-16-35-24(15-33)32(22)23-9-11-28-25(30-23)29-18(3)19-7-8-21-14-31(12-10-20(21)13-19)26(34)36-27(4,5)6/h7-9,11,13,17-18,22H,10,12,14,16H2,1-6H3,(H,28,29,30)/t18?,22-/m1/s1. The number of anilines is 2. The predicted octanol–water partition coefficient (Wildman–Crippen LogP) is 4.48. The first-order valence-corrected chi connectivity index (χ1v) is 12.4. The zero-order valence-electron chi connectivity index (χ0n) is 21.9. The highest BCUT2D eigenvalue weighted by Gasteiger charge is 2.35. The maximum absolute atomic E-state index is 12.5. The number of benzene rings is 1. The van der Waals surface area contributed by atoms with E-state index in [-0.39, 0.29) is 30.0 Å². The highest BCUT2D eigenvalue weighted by Crippen LogP contribution is 2.30. The molecule has 4 rings (SSSR count). The maximum atomic E-state index is 12.5. The van der Waals surface area contributed by atoms with E-state index in [4.69, 9.17) is 9.47 Å². The molecule has 1 unspecified atom stereocenters. The third-order valence-corrected chi connectivity index (χ3v) is 6.43.